The highest BCUT2D eigenvalue weighted by molar-refractivity contribution is 7.17. The van der Waals surface area contributed by atoms with Crippen LogP contribution in [0.2, 0.25) is 5.02 Å². The maximum Gasteiger partial charge on any atom is 0.352 e. The van der Waals surface area contributed by atoms with Crippen molar-refractivity contribution in [3.05, 3.63) is 61.6 Å². The van der Waals surface area contributed by atoms with Gasteiger partial charge in [-0.1, -0.05) is 37.6 Å². The second-order valence-corrected chi connectivity index (χ2v) is 8.37. The molecule has 0 fully saturated rings. The van der Waals surface area contributed by atoms with Gasteiger partial charge in [-0.3, -0.25) is 14.2 Å². The largest absolute Gasteiger partial charge is 0.352 e. The van der Waals surface area contributed by atoms with Gasteiger partial charge in [-0.15, -0.1) is 16.4 Å². The predicted octanol–water partition coefficient (Wildman–Crippen LogP) is 2.82. The molecule has 0 saturated heterocycles. The molecule has 3 aromatic heterocycles. The van der Waals surface area contributed by atoms with E-state index in [4.69, 9.17) is 11.6 Å². The molecule has 0 spiro atoms. The van der Waals surface area contributed by atoms with Gasteiger partial charge in [0.05, 0.1) is 16.2 Å². The number of nitrogens with one attached hydrogen (secondary N) is 1. The fourth-order valence-electron chi connectivity index (χ4n) is 3.15. The van der Waals surface area contributed by atoms with E-state index >= 15 is 0 Å². The van der Waals surface area contributed by atoms with Crippen LogP contribution in [0, 0.1) is 5.92 Å². The quantitative estimate of drug-likeness (QED) is 0.526. The summed E-state index contributed by atoms with van der Waals surface area (Å²) in [7, 11) is 0. The summed E-state index contributed by atoms with van der Waals surface area (Å²) in [4.78, 5) is 38.3. The molecule has 0 aliphatic carbocycles. The smallest absolute Gasteiger partial charge is 0.323 e. The first kappa shape index (κ1) is 19.4. The molecule has 0 radical (unpaired) electrons. The zero-order valence-electron chi connectivity index (χ0n) is 15.8. The van der Waals surface area contributed by atoms with Crippen molar-refractivity contribution >= 4 is 50.5 Å². The monoisotopic (exact) mass is 431 g/mol. The highest BCUT2D eigenvalue weighted by atomic mass is 35.5. The molecule has 3 heterocycles. The third kappa shape index (κ3) is 3.47. The summed E-state index contributed by atoms with van der Waals surface area (Å²) < 4.78 is 4.43. The molecule has 0 aliphatic heterocycles. The predicted molar refractivity (Wildman–Crippen MR) is 114 cm³/mol. The van der Waals surface area contributed by atoms with E-state index < -0.39 is 11.6 Å². The average molecular weight is 432 g/mol. The fourth-order valence-corrected chi connectivity index (χ4v) is 4.16. The molecule has 10 heteroatoms. The van der Waals surface area contributed by atoms with E-state index in [1.54, 1.807) is 35.7 Å². The van der Waals surface area contributed by atoms with E-state index in [1.165, 1.54) is 20.3 Å². The lowest BCUT2D eigenvalue weighted by Crippen LogP contribution is -2.29. The minimum absolute atomic E-state index is 0.178. The second-order valence-electron chi connectivity index (χ2n) is 7.05. The number of hydrogen-bond donors (Lipinski definition) is 1. The van der Waals surface area contributed by atoms with Crippen LogP contribution in [-0.2, 0) is 17.9 Å². The number of thiophene rings is 1. The van der Waals surface area contributed by atoms with Gasteiger partial charge in [-0.2, -0.15) is 0 Å². The number of benzene rings is 1. The Morgan fingerprint density at radius 1 is 1.24 bits per heavy atom. The number of amides is 1. The van der Waals surface area contributed by atoms with Crippen molar-refractivity contribution in [1.29, 1.82) is 0 Å². The van der Waals surface area contributed by atoms with Crippen molar-refractivity contribution < 1.29 is 4.79 Å². The molecule has 0 atom stereocenters. The first-order valence-corrected chi connectivity index (χ1v) is 10.3. The lowest BCUT2D eigenvalue weighted by atomic mass is 10.2. The topological polar surface area (TPSA) is 90.4 Å². The van der Waals surface area contributed by atoms with Crippen LogP contribution in [0.4, 0.5) is 5.69 Å². The zero-order valence-corrected chi connectivity index (χ0v) is 17.3. The maximum atomic E-state index is 13.0. The van der Waals surface area contributed by atoms with Gasteiger partial charge in [0.2, 0.25) is 11.7 Å². The van der Waals surface area contributed by atoms with Gasteiger partial charge in [0.25, 0.3) is 5.56 Å². The minimum atomic E-state index is -0.477. The molecule has 1 amide bonds. The van der Waals surface area contributed by atoms with Crippen molar-refractivity contribution in [3.8, 4) is 0 Å². The van der Waals surface area contributed by atoms with Gasteiger partial charge in [0.15, 0.2) is 0 Å². The van der Waals surface area contributed by atoms with Gasteiger partial charge in [-0.25, -0.2) is 13.9 Å². The Labute approximate surface area is 174 Å². The van der Waals surface area contributed by atoms with Crippen LogP contribution in [0.15, 0.2) is 45.3 Å². The lowest BCUT2D eigenvalue weighted by Gasteiger charge is -2.09. The van der Waals surface area contributed by atoms with Crippen molar-refractivity contribution in [2.45, 2.75) is 26.9 Å². The molecule has 4 rings (SSSR count). The molecule has 8 nitrogen and oxygen atoms in total. The first-order chi connectivity index (χ1) is 13.9. The summed E-state index contributed by atoms with van der Waals surface area (Å²) in [5.41, 5.74) is 0.287. The van der Waals surface area contributed by atoms with Crippen LogP contribution in [0.5, 0.6) is 0 Å². The number of aromatic nitrogens is 4. The molecule has 0 aliphatic rings. The normalized spacial score (nSPS) is 11.6. The molecule has 4 aromatic rings. The summed E-state index contributed by atoms with van der Waals surface area (Å²) in [6.07, 6.45) is 0. The van der Waals surface area contributed by atoms with Gasteiger partial charge in [0, 0.05) is 6.54 Å². The average Bonchev–Trinajstić information content (AvgIpc) is 3.26. The Kier molecular flexibility index (Phi) is 5.01. The summed E-state index contributed by atoms with van der Waals surface area (Å²) in [5, 5.41) is 9.14. The molecular formula is C19H18ClN5O3S. The molecular weight excluding hydrogens is 414 g/mol. The number of fused-ring (bicyclic) bond motifs is 3. The Bertz CT molecular complexity index is 1350. The Morgan fingerprint density at radius 2 is 2.00 bits per heavy atom. The highest BCUT2D eigenvalue weighted by Crippen LogP contribution is 2.20. The number of halogens is 1. The third-order valence-electron chi connectivity index (χ3n) is 4.38. The van der Waals surface area contributed by atoms with E-state index in [-0.39, 0.29) is 23.8 Å². The number of nitrogens with zero attached hydrogens (tertiary/aromatic N) is 4. The van der Waals surface area contributed by atoms with E-state index in [0.717, 1.165) is 4.68 Å². The molecule has 150 valence electrons. The van der Waals surface area contributed by atoms with Crippen LogP contribution < -0.4 is 16.6 Å². The number of carbonyl (C=O) groups excluding carboxylic acids is 1. The fraction of sp³-hybridized carbons (Fsp3) is 0.263. The van der Waals surface area contributed by atoms with Crippen molar-refractivity contribution in [1.82, 2.24) is 18.7 Å². The SMILES string of the molecule is CC(C)Cn1c(=O)c2sccc2n2c(=O)n(CC(=O)Nc3ccccc3Cl)nc12. The summed E-state index contributed by atoms with van der Waals surface area (Å²) in [6, 6.07) is 8.54. The third-order valence-corrected chi connectivity index (χ3v) is 5.60. The number of anilines is 1. The molecule has 29 heavy (non-hydrogen) atoms. The van der Waals surface area contributed by atoms with Gasteiger partial charge >= 0.3 is 5.69 Å². The summed E-state index contributed by atoms with van der Waals surface area (Å²) >= 11 is 7.35. The standard InChI is InChI=1S/C19H18ClN5O3S/c1-11(2)9-23-17(27)16-14(7-8-29-16)25-18(23)22-24(19(25)28)10-15(26)21-13-6-4-3-5-12(13)20/h3-8,11H,9-10H2,1-2H3,(H,21,26). The van der Waals surface area contributed by atoms with E-state index in [1.807, 2.05) is 13.8 Å². The first-order valence-electron chi connectivity index (χ1n) is 9.00. The lowest BCUT2D eigenvalue weighted by molar-refractivity contribution is -0.117. The Morgan fingerprint density at radius 3 is 2.72 bits per heavy atom. The van der Waals surface area contributed by atoms with E-state index in [2.05, 4.69) is 10.4 Å². The molecule has 0 bridgehead atoms. The van der Waals surface area contributed by atoms with Crippen molar-refractivity contribution in [3.63, 3.8) is 0 Å². The molecule has 1 aromatic carbocycles. The van der Waals surface area contributed by atoms with Crippen LogP contribution in [0.3, 0.4) is 0 Å². The molecule has 0 saturated carbocycles. The van der Waals surface area contributed by atoms with Gasteiger partial charge in [-0.05, 0) is 29.5 Å². The van der Waals surface area contributed by atoms with Crippen LogP contribution in [0.1, 0.15) is 13.8 Å². The summed E-state index contributed by atoms with van der Waals surface area (Å²) in [6.45, 7) is 4.08. The highest BCUT2D eigenvalue weighted by Gasteiger charge is 2.20. The van der Waals surface area contributed by atoms with Crippen molar-refractivity contribution in [2.75, 3.05) is 5.32 Å². The number of hydrogen-bond acceptors (Lipinski definition) is 5. The zero-order chi connectivity index (χ0) is 20.7. The Hall–Kier alpha value is -2.91. The molecule has 1 N–H and O–H groups in total. The molecule has 0 unspecified atom stereocenters. The Balaban J connectivity index is 1.79. The maximum absolute atomic E-state index is 13.0. The summed E-state index contributed by atoms with van der Waals surface area (Å²) in [5.74, 6) is -0.0363. The number of para-hydroxylation sites is 1. The van der Waals surface area contributed by atoms with Crippen LogP contribution >= 0.6 is 22.9 Å². The van der Waals surface area contributed by atoms with Crippen LogP contribution in [-0.4, -0.2) is 24.7 Å². The second kappa shape index (κ2) is 7.49. The number of carbonyl (C=O) groups is 1. The van der Waals surface area contributed by atoms with Crippen LogP contribution in [0.25, 0.3) is 16.0 Å². The minimum Gasteiger partial charge on any atom is -0.323 e. The van der Waals surface area contributed by atoms with E-state index in [0.29, 0.717) is 27.5 Å². The van der Waals surface area contributed by atoms with Gasteiger partial charge < -0.3 is 5.32 Å². The van der Waals surface area contributed by atoms with Gasteiger partial charge in [0.1, 0.15) is 11.2 Å². The van der Waals surface area contributed by atoms with E-state index in [9.17, 15) is 14.4 Å². The van der Waals surface area contributed by atoms with Crippen molar-refractivity contribution in [2.24, 2.45) is 5.92 Å². The number of rotatable bonds is 5.